The van der Waals surface area contributed by atoms with Gasteiger partial charge >= 0.3 is 0 Å². The Labute approximate surface area is 176 Å². The lowest BCUT2D eigenvalue weighted by Crippen LogP contribution is -2.20. The summed E-state index contributed by atoms with van der Waals surface area (Å²) in [7, 11) is 0. The predicted molar refractivity (Wildman–Crippen MR) is 117 cm³/mol. The molecule has 0 radical (unpaired) electrons. The van der Waals surface area contributed by atoms with Gasteiger partial charge in [-0.1, -0.05) is 53.7 Å². The summed E-state index contributed by atoms with van der Waals surface area (Å²) in [6.45, 7) is 12.1. The van der Waals surface area contributed by atoms with Gasteiger partial charge < -0.3 is 15.9 Å². The molecule has 8 heteroatoms. The highest BCUT2D eigenvalue weighted by molar-refractivity contribution is 6.05. The van der Waals surface area contributed by atoms with E-state index in [9.17, 15) is 9.90 Å². The van der Waals surface area contributed by atoms with Gasteiger partial charge in [0.2, 0.25) is 0 Å². The first-order chi connectivity index (χ1) is 13.5. The van der Waals surface area contributed by atoms with Crippen LogP contribution in [0.15, 0.2) is 36.4 Å². The van der Waals surface area contributed by atoms with Crippen LogP contribution >= 0.6 is 0 Å². The summed E-state index contributed by atoms with van der Waals surface area (Å²) in [5, 5.41) is 27.5. The molecule has 30 heavy (non-hydrogen) atoms. The number of aromatic amines is 1. The Balaban J connectivity index is 0.00000320. The van der Waals surface area contributed by atoms with Crippen LogP contribution in [0.4, 0.5) is 5.69 Å². The molecule has 160 valence electrons. The molecule has 0 spiro atoms. The smallest absolute Gasteiger partial charge is 0.255 e. The number of hydrogen-bond acceptors (Lipinski definition) is 5. The fourth-order valence-corrected chi connectivity index (χ4v) is 3.14. The largest absolute Gasteiger partial charge is 0.507 e. The minimum absolute atomic E-state index is 0. The van der Waals surface area contributed by atoms with E-state index in [1.165, 1.54) is 0 Å². The van der Waals surface area contributed by atoms with Gasteiger partial charge in [0.1, 0.15) is 5.75 Å². The van der Waals surface area contributed by atoms with Gasteiger partial charge in [-0.2, -0.15) is 0 Å². The second-order valence-electron chi connectivity index (χ2n) is 9.20. The van der Waals surface area contributed by atoms with E-state index in [4.69, 9.17) is 0 Å². The van der Waals surface area contributed by atoms with E-state index in [-0.39, 0.29) is 28.0 Å². The second-order valence-corrected chi connectivity index (χ2v) is 9.20. The van der Waals surface area contributed by atoms with Crippen molar-refractivity contribution in [1.29, 1.82) is 0 Å². The van der Waals surface area contributed by atoms with Crippen molar-refractivity contribution in [2.75, 3.05) is 5.32 Å². The topological polar surface area (TPSA) is 135 Å². The number of tetrazole rings is 1. The van der Waals surface area contributed by atoms with Gasteiger partial charge in [-0.3, -0.25) is 4.79 Å². The van der Waals surface area contributed by atoms with E-state index >= 15 is 0 Å². The number of amides is 1. The standard InChI is InChI=1S/C22H27N5O2.H2O/c1-21(2,3)16-11-14(12-17(18(16)28)22(4,5)6)20(29)23-15-9-7-8-13(10-15)19-24-26-27-25-19;/h7-12,28H,1-6H3,(H,23,29)(H,24,25,26,27);1H2. The molecule has 5 N–H and O–H groups in total. The van der Waals surface area contributed by atoms with E-state index in [1.807, 2.05) is 53.7 Å². The van der Waals surface area contributed by atoms with Gasteiger partial charge in [0.05, 0.1) is 0 Å². The van der Waals surface area contributed by atoms with Crippen molar-refractivity contribution in [3.63, 3.8) is 0 Å². The lowest BCUT2D eigenvalue weighted by Gasteiger charge is -2.28. The van der Waals surface area contributed by atoms with E-state index in [0.717, 1.165) is 16.7 Å². The molecular weight excluding hydrogens is 382 g/mol. The quantitative estimate of drug-likeness (QED) is 0.605. The number of nitrogens with zero attached hydrogens (tertiary/aromatic N) is 3. The fraction of sp³-hybridized carbons (Fsp3) is 0.364. The highest BCUT2D eigenvalue weighted by atomic mass is 16.3. The van der Waals surface area contributed by atoms with Crippen molar-refractivity contribution in [3.8, 4) is 17.1 Å². The Morgan fingerprint density at radius 2 is 1.60 bits per heavy atom. The van der Waals surface area contributed by atoms with Gasteiger partial charge in [-0.25, -0.2) is 5.10 Å². The third-order valence-corrected chi connectivity index (χ3v) is 4.73. The molecule has 0 atom stereocenters. The maximum absolute atomic E-state index is 13.0. The van der Waals surface area contributed by atoms with Crippen LogP contribution in [-0.2, 0) is 10.8 Å². The Kier molecular flexibility index (Phi) is 6.32. The summed E-state index contributed by atoms with van der Waals surface area (Å²) in [6, 6.07) is 10.8. The number of phenols is 1. The van der Waals surface area contributed by atoms with Crippen molar-refractivity contribution in [3.05, 3.63) is 53.1 Å². The summed E-state index contributed by atoms with van der Waals surface area (Å²) in [6.07, 6.45) is 0. The van der Waals surface area contributed by atoms with E-state index in [1.54, 1.807) is 24.3 Å². The molecule has 2 aromatic carbocycles. The summed E-state index contributed by atoms with van der Waals surface area (Å²) in [5.41, 5.74) is 2.78. The van der Waals surface area contributed by atoms with Crippen LogP contribution in [0.3, 0.4) is 0 Å². The molecule has 0 aliphatic heterocycles. The molecule has 0 fully saturated rings. The molecule has 0 aliphatic rings. The molecule has 3 aromatic rings. The van der Waals surface area contributed by atoms with Gasteiger partial charge in [0.25, 0.3) is 5.91 Å². The zero-order chi connectivity index (χ0) is 21.4. The Hall–Kier alpha value is -3.26. The molecule has 0 aliphatic carbocycles. The molecule has 0 unspecified atom stereocenters. The van der Waals surface area contributed by atoms with Crippen LogP contribution in [-0.4, -0.2) is 37.1 Å². The molecule has 1 heterocycles. The van der Waals surface area contributed by atoms with Gasteiger partial charge in [-0.15, -0.1) is 5.10 Å². The third-order valence-electron chi connectivity index (χ3n) is 4.73. The van der Waals surface area contributed by atoms with Crippen LogP contribution in [0, 0.1) is 0 Å². The molecule has 0 bridgehead atoms. The van der Waals surface area contributed by atoms with Crippen LogP contribution in [0.2, 0.25) is 0 Å². The number of phenolic OH excluding ortho intramolecular Hbond substituents is 1. The number of carbonyl (C=O) groups excluding carboxylic acids is 1. The second kappa shape index (κ2) is 8.23. The minimum atomic E-state index is -0.306. The molecule has 1 amide bonds. The molecule has 1 aromatic heterocycles. The fourth-order valence-electron chi connectivity index (χ4n) is 3.14. The monoisotopic (exact) mass is 411 g/mol. The number of rotatable bonds is 3. The van der Waals surface area contributed by atoms with E-state index in [2.05, 4.69) is 25.9 Å². The molecule has 0 saturated carbocycles. The molecular formula is C22H29N5O3. The van der Waals surface area contributed by atoms with Crippen molar-refractivity contribution in [1.82, 2.24) is 20.6 Å². The van der Waals surface area contributed by atoms with E-state index in [0.29, 0.717) is 17.1 Å². The van der Waals surface area contributed by atoms with Crippen molar-refractivity contribution < 1.29 is 15.4 Å². The lowest BCUT2D eigenvalue weighted by atomic mass is 9.78. The third kappa shape index (κ3) is 4.83. The van der Waals surface area contributed by atoms with E-state index < -0.39 is 0 Å². The maximum atomic E-state index is 13.0. The van der Waals surface area contributed by atoms with Crippen LogP contribution < -0.4 is 5.32 Å². The predicted octanol–water partition coefficient (Wildman–Crippen LogP) is 3.59. The first kappa shape index (κ1) is 23.0. The number of nitrogens with one attached hydrogen (secondary N) is 2. The SMILES string of the molecule is CC(C)(C)c1cc(C(=O)Nc2cccc(-c3nnn[nH]3)c2)cc(C(C)(C)C)c1O.O. The van der Waals surface area contributed by atoms with Crippen LogP contribution in [0.5, 0.6) is 5.75 Å². The molecule has 8 nitrogen and oxygen atoms in total. The Morgan fingerprint density at radius 3 is 2.10 bits per heavy atom. The summed E-state index contributed by atoms with van der Waals surface area (Å²) in [5.74, 6) is 0.533. The summed E-state index contributed by atoms with van der Waals surface area (Å²) >= 11 is 0. The lowest BCUT2D eigenvalue weighted by molar-refractivity contribution is 0.102. The highest BCUT2D eigenvalue weighted by Gasteiger charge is 2.27. The highest BCUT2D eigenvalue weighted by Crippen LogP contribution is 2.39. The Bertz CT molecular complexity index is 997. The normalized spacial score (nSPS) is 11.7. The van der Waals surface area contributed by atoms with Gasteiger partial charge in [0, 0.05) is 27.9 Å². The molecule has 0 saturated heterocycles. The van der Waals surface area contributed by atoms with Crippen LogP contribution in [0.1, 0.15) is 63.0 Å². The van der Waals surface area contributed by atoms with Gasteiger partial charge in [0.15, 0.2) is 5.82 Å². The number of anilines is 1. The van der Waals surface area contributed by atoms with Crippen LogP contribution in [0.25, 0.3) is 11.4 Å². The van der Waals surface area contributed by atoms with Crippen molar-refractivity contribution in [2.45, 2.75) is 52.4 Å². The molecule has 3 rings (SSSR count). The van der Waals surface area contributed by atoms with Crippen molar-refractivity contribution in [2.24, 2.45) is 0 Å². The summed E-state index contributed by atoms with van der Waals surface area (Å²) < 4.78 is 0. The first-order valence-corrected chi connectivity index (χ1v) is 9.50. The number of benzene rings is 2. The summed E-state index contributed by atoms with van der Waals surface area (Å²) in [4.78, 5) is 13.0. The maximum Gasteiger partial charge on any atom is 0.255 e. The first-order valence-electron chi connectivity index (χ1n) is 9.50. The number of aromatic hydroxyl groups is 1. The van der Waals surface area contributed by atoms with Gasteiger partial charge in [-0.05, 0) is 45.5 Å². The minimum Gasteiger partial charge on any atom is -0.507 e. The number of hydrogen-bond donors (Lipinski definition) is 3. The Morgan fingerprint density at radius 1 is 1.00 bits per heavy atom. The number of H-pyrrole nitrogens is 1. The average Bonchev–Trinajstić information content (AvgIpc) is 3.14. The average molecular weight is 412 g/mol. The number of aromatic nitrogens is 4. The zero-order valence-electron chi connectivity index (χ0n) is 18.2. The number of carbonyl (C=O) groups is 1. The zero-order valence-corrected chi connectivity index (χ0v) is 18.2. The van der Waals surface area contributed by atoms with Crippen molar-refractivity contribution >= 4 is 11.6 Å².